The van der Waals surface area contributed by atoms with Gasteiger partial charge in [0.1, 0.15) is 6.54 Å². The Morgan fingerprint density at radius 3 is 2.30 bits per heavy atom. The third-order valence-corrected chi connectivity index (χ3v) is 4.57. The first kappa shape index (κ1) is 13.3. The Morgan fingerprint density at radius 2 is 1.80 bits per heavy atom. The summed E-state index contributed by atoms with van der Waals surface area (Å²) < 4.78 is 0. The number of likely N-dealkylation sites (tertiary alicyclic amines) is 1. The smallest absolute Gasteiger partial charge is 0.240 e. The number of nitrogens with zero attached hydrogens (tertiary/aromatic N) is 1. The molecule has 5 heteroatoms. The fourth-order valence-electron chi connectivity index (χ4n) is 3.64. The van der Waals surface area contributed by atoms with Gasteiger partial charge >= 0.3 is 0 Å². The van der Waals surface area contributed by atoms with Crippen LogP contribution in [0, 0.1) is 29.6 Å². The van der Waals surface area contributed by atoms with E-state index in [2.05, 4.69) is 17.5 Å². The first-order valence-electron chi connectivity index (χ1n) is 7.29. The minimum Gasteiger partial charge on any atom is -0.354 e. The number of imide groups is 1. The summed E-state index contributed by atoms with van der Waals surface area (Å²) in [6, 6.07) is 0. The molecule has 1 saturated heterocycles. The number of hydrogen-bond acceptors (Lipinski definition) is 3. The minimum atomic E-state index is -0.249. The van der Waals surface area contributed by atoms with Crippen LogP contribution in [0.5, 0.6) is 0 Å². The molecule has 3 amide bonds. The number of carbonyl (C=O) groups excluding carboxylic acids is 3. The van der Waals surface area contributed by atoms with Gasteiger partial charge in [-0.05, 0) is 24.2 Å². The molecule has 4 unspecified atom stereocenters. The lowest BCUT2D eigenvalue weighted by Gasteiger charge is -2.17. The molecule has 0 spiro atoms. The van der Waals surface area contributed by atoms with Crippen LogP contribution >= 0.6 is 0 Å². The van der Waals surface area contributed by atoms with Crippen molar-refractivity contribution in [2.45, 2.75) is 20.3 Å². The van der Waals surface area contributed by atoms with Crippen molar-refractivity contribution < 1.29 is 14.4 Å². The van der Waals surface area contributed by atoms with Crippen LogP contribution in [0.4, 0.5) is 0 Å². The second-order valence-corrected chi connectivity index (χ2v) is 6.46. The van der Waals surface area contributed by atoms with Gasteiger partial charge in [0.25, 0.3) is 0 Å². The van der Waals surface area contributed by atoms with Gasteiger partial charge in [-0.25, -0.2) is 0 Å². The van der Waals surface area contributed by atoms with Gasteiger partial charge in [0.05, 0.1) is 11.8 Å². The van der Waals surface area contributed by atoms with Crippen LogP contribution in [0.3, 0.4) is 0 Å². The Balaban J connectivity index is 1.66. The fraction of sp³-hybridized carbons (Fsp3) is 0.667. The fourth-order valence-corrected chi connectivity index (χ4v) is 3.64. The molecule has 1 N–H and O–H groups in total. The third-order valence-electron chi connectivity index (χ3n) is 4.57. The highest BCUT2D eigenvalue weighted by Crippen LogP contribution is 2.52. The minimum absolute atomic E-state index is 0.128. The summed E-state index contributed by atoms with van der Waals surface area (Å²) in [6.45, 7) is 4.44. The van der Waals surface area contributed by atoms with Crippen LogP contribution in [-0.2, 0) is 14.4 Å². The summed E-state index contributed by atoms with van der Waals surface area (Å²) in [5.41, 5.74) is 0. The van der Waals surface area contributed by atoms with Crippen LogP contribution in [0.15, 0.2) is 12.2 Å². The Hall–Kier alpha value is -1.65. The summed E-state index contributed by atoms with van der Waals surface area (Å²) in [4.78, 5) is 37.7. The van der Waals surface area contributed by atoms with Crippen LogP contribution < -0.4 is 5.32 Å². The van der Waals surface area contributed by atoms with Crippen molar-refractivity contribution in [2.24, 2.45) is 29.6 Å². The number of nitrogens with one attached hydrogen (secondary N) is 1. The number of amides is 3. The molecular formula is C15H20N2O3. The van der Waals surface area contributed by atoms with Crippen molar-refractivity contribution in [2.75, 3.05) is 13.1 Å². The summed E-state index contributed by atoms with van der Waals surface area (Å²) in [7, 11) is 0. The van der Waals surface area contributed by atoms with Gasteiger partial charge in [-0.2, -0.15) is 0 Å². The highest BCUT2D eigenvalue weighted by atomic mass is 16.2. The molecule has 2 bridgehead atoms. The number of allylic oxidation sites excluding steroid dienone is 2. The van der Waals surface area contributed by atoms with E-state index >= 15 is 0 Å². The maximum atomic E-state index is 12.4. The molecule has 2 aliphatic carbocycles. The zero-order chi connectivity index (χ0) is 14.4. The molecule has 1 saturated carbocycles. The summed E-state index contributed by atoms with van der Waals surface area (Å²) in [5.74, 6) is -0.238. The van der Waals surface area contributed by atoms with Gasteiger partial charge in [-0.1, -0.05) is 26.0 Å². The van der Waals surface area contributed by atoms with Crippen LogP contribution in [0.25, 0.3) is 0 Å². The molecule has 0 radical (unpaired) electrons. The second kappa shape index (κ2) is 4.72. The number of hydrogen-bond donors (Lipinski definition) is 1. The summed E-state index contributed by atoms with van der Waals surface area (Å²) in [6.07, 6.45) is 5.03. The average Bonchev–Trinajstić information content (AvgIpc) is 3.06. The highest BCUT2D eigenvalue weighted by molar-refractivity contribution is 6.08. The Bertz CT molecular complexity index is 467. The number of fused-ring (bicyclic) bond motifs is 5. The van der Waals surface area contributed by atoms with E-state index in [4.69, 9.17) is 0 Å². The van der Waals surface area contributed by atoms with E-state index in [1.54, 1.807) is 0 Å². The zero-order valence-electron chi connectivity index (χ0n) is 11.8. The summed E-state index contributed by atoms with van der Waals surface area (Å²) >= 11 is 0. The van der Waals surface area contributed by atoms with Gasteiger partial charge < -0.3 is 5.32 Å². The van der Waals surface area contributed by atoms with Crippen molar-refractivity contribution in [1.29, 1.82) is 0 Å². The van der Waals surface area contributed by atoms with Crippen LogP contribution in [0.1, 0.15) is 20.3 Å². The van der Waals surface area contributed by atoms with Crippen molar-refractivity contribution in [1.82, 2.24) is 10.2 Å². The van der Waals surface area contributed by atoms with Gasteiger partial charge in [0, 0.05) is 6.54 Å². The predicted octanol–water partition coefficient (Wildman–Crippen LogP) is 0.566. The predicted molar refractivity (Wildman–Crippen MR) is 72.3 cm³/mol. The van der Waals surface area contributed by atoms with Gasteiger partial charge in [0.2, 0.25) is 17.7 Å². The molecule has 0 aromatic carbocycles. The standard InChI is InChI=1S/C15H20N2O3/c1-8(2)6-16-11(18)7-17-14(19)12-9-3-4-10(5-9)13(12)15(17)20/h3-4,8-10,12-13H,5-7H2,1-2H3,(H,16,18). The first-order chi connectivity index (χ1) is 9.49. The maximum Gasteiger partial charge on any atom is 0.240 e. The van der Waals surface area contributed by atoms with Crippen molar-refractivity contribution >= 4 is 17.7 Å². The quantitative estimate of drug-likeness (QED) is 0.603. The Morgan fingerprint density at radius 1 is 1.25 bits per heavy atom. The summed E-state index contributed by atoms with van der Waals surface area (Å²) in [5, 5.41) is 2.75. The largest absolute Gasteiger partial charge is 0.354 e. The van der Waals surface area contributed by atoms with E-state index in [0.29, 0.717) is 12.5 Å². The molecule has 20 heavy (non-hydrogen) atoms. The molecule has 3 rings (SSSR count). The molecular weight excluding hydrogens is 256 g/mol. The molecule has 4 atom stereocenters. The lowest BCUT2D eigenvalue weighted by Crippen LogP contribution is -2.42. The monoisotopic (exact) mass is 276 g/mol. The average molecular weight is 276 g/mol. The lowest BCUT2D eigenvalue weighted by molar-refractivity contribution is -0.144. The highest BCUT2D eigenvalue weighted by Gasteiger charge is 2.59. The zero-order valence-corrected chi connectivity index (χ0v) is 11.8. The lowest BCUT2D eigenvalue weighted by atomic mass is 9.85. The molecule has 0 aromatic rings. The van der Waals surface area contributed by atoms with Gasteiger partial charge in [0.15, 0.2) is 0 Å². The molecule has 108 valence electrons. The van der Waals surface area contributed by atoms with Gasteiger partial charge in [-0.15, -0.1) is 0 Å². The molecule has 1 aliphatic heterocycles. The SMILES string of the molecule is CC(C)CNC(=O)CN1C(=O)C2C3C=CC(C3)C2C1=O. The number of carbonyl (C=O) groups is 3. The molecule has 0 aromatic heterocycles. The van der Waals surface area contributed by atoms with E-state index in [-0.39, 0.29) is 47.9 Å². The molecule has 1 heterocycles. The molecule has 2 fully saturated rings. The first-order valence-corrected chi connectivity index (χ1v) is 7.29. The van der Waals surface area contributed by atoms with E-state index < -0.39 is 0 Å². The normalized spacial score (nSPS) is 34.2. The van der Waals surface area contributed by atoms with E-state index in [0.717, 1.165) is 11.3 Å². The van der Waals surface area contributed by atoms with Crippen LogP contribution in [-0.4, -0.2) is 35.7 Å². The van der Waals surface area contributed by atoms with Crippen molar-refractivity contribution in [3.05, 3.63) is 12.2 Å². The molecule has 5 nitrogen and oxygen atoms in total. The van der Waals surface area contributed by atoms with E-state index in [9.17, 15) is 14.4 Å². The maximum absolute atomic E-state index is 12.4. The Labute approximate surface area is 118 Å². The Kier molecular flexibility index (Phi) is 3.15. The van der Waals surface area contributed by atoms with Gasteiger partial charge in [-0.3, -0.25) is 19.3 Å². The van der Waals surface area contributed by atoms with Crippen LogP contribution in [0.2, 0.25) is 0 Å². The van der Waals surface area contributed by atoms with E-state index in [1.165, 1.54) is 0 Å². The number of rotatable bonds is 4. The topological polar surface area (TPSA) is 66.5 Å². The second-order valence-electron chi connectivity index (χ2n) is 6.46. The molecule has 3 aliphatic rings. The van der Waals surface area contributed by atoms with Crippen molar-refractivity contribution in [3.63, 3.8) is 0 Å². The van der Waals surface area contributed by atoms with Crippen molar-refractivity contribution in [3.8, 4) is 0 Å². The van der Waals surface area contributed by atoms with E-state index in [1.807, 2.05) is 13.8 Å². The third kappa shape index (κ3) is 1.96.